The van der Waals surface area contributed by atoms with Gasteiger partial charge in [-0.05, 0) is 36.2 Å². The summed E-state index contributed by atoms with van der Waals surface area (Å²) in [6.07, 6.45) is 0. The SMILES string of the molecule is Cc1cccc(NCc2ccc(O)c(O)c2)c1C#N. The van der Waals surface area contributed by atoms with Crippen LogP contribution >= 0.6 is 0 Å². The van der Waals surface area contributed by atoms with Crippen molar-refractivity contribution in [2.24, 2.45) is 0 Å². The second-order valence-corrected chi connectivity index (χ2v) is 4.29. The van der Waals surface area contributed by atoms with Crippen molar-refractivity contribution in [3.05, 3.63) is 53.1 Å². The average molecular weight is 254 g/mol. The number of aryl methyl sites for hydroxylation is 1. The molecule has 0 unspecified atom stereocenters. The molecule has 4 nitrogen and oxygen atoms in total. The van der Waals surface area contributed by atoms with E-state index in [1.807, 2.05) is 25.1 Å². The van der Waals surface area contributed by atoms with Crippen molar-refractivity contribution in [2.75, 3.05) is 5.32 Å². The van der Waals surface area contributed by atoms with Gasteiger partial charge >= 0.3 is 0 Å². The van der Waals surface area contributed by atoms with E-state index in [0.29, 0.717) is 12.1 Å². The van der Waals surface area contributed by atoms with Crippen LogP contribution in [0.5, 0.6) is 11.5 Å². The third-order valence-corrected chi connectivity index (χ3v) is 2.91. The van der Waals surface area contributed by atoms with Gasteiger partial charge in [-0.25, -0.2) is 0 Å². The topological polar surface area (TPSA) is 76.3 Å². The number of rotatable bonds is 3. The molecule has 0 radical (unpaired) electrons. The second-order valence-electron chi connectivity index (χ2n) is 4.29. The van der Waals surface area contributed by atoms with Gasteiger partial charge in [0.25, 0.3) is 0 Å². The van der Waals surface area contributed by atoms with E-state index < -0.39 is 0 Å². The Balaban J connectivity index is 2.17. The number of phenols is 2. The third-order valence-electron chi connectivity index (χ3n) is 2.91. The maximum absolute atomic E-state index is 9.41. The standard InChI is InChI=1S/C15H14N2O2/c1-10-3-2-4-13(12(10)8-16)17-9-11-5-6-14(18)15(19)7-11/h2-7,17-19H,9H2,1H3. The van der Waals surface area contributed by atoms with Gasteiger partial charge in [0.05, 0.1) is 11.3 Å². The lowest BCUT2D eigenvalue weighted by atomic mass is 10.1. The highest BCUT2D eigenvalue weighted by molar-refractivity contribution is 5.60. The van der Waals surface area contributed by atoms with Crippen molar-refractivity contribution in [3.8, 4) is 17.6 Å². The fourth-order valence-electron chi connectivity index (χ4n) is 1.84. The van der Waals surface area contributed by atoms with Crippen molar-refractivity contribution >= 4 is 5.69 Å². The van der Waals surface area contributed by atoms with Crippen LogP contribution in [-0.4, -0.2) is 10.2 Å². The summed E-state index contributed by atoms with van der Waals surface area (Å²) >= 11 is 0. The van der Waals surface area contributed by atoms with Crippen molar-refractivity contribution < 1.29 is 10.2 Å². The summed E-state index contributed by atoms with van der Waals surface area (Å²) in [6.45, 7) is 2.35. The fraction of sp³-hybridized carbons (Fsp3) is 0.133. The lowest BCUT2D eigenvalue weighted by Crippen LogP contribution is -2.02. The highest BCUT2D eigenvalue weighted by Crippen LogP contribution is 2.26. The maximum Gasteiger partial charge on any atom is 0.157 e. The minimum atomic E-state index is -0.149. The Hall–Kier alpha value is -2.67. The summed E-state index contributed by atoms with van der Waals surface area (Å²) in [5.41, 5.74) is 3.11. The van der Waals surface area contributed by atoms with Crippen LogP contribution in [0.3, 0.4) is 0 Å². The van der Waals surface area contributed by atoms with Gasteiger partial charge in [0.15, 0.2) is 11.5 Å². The normalized spacial score (nSPS) is 9.89. The molecule has 4 heteroatoms. The lowest BCUT2D eigenvalue weighted by Gasteiger charge is -2.10. The van der Waals surface area contributed by atoms with E-state index in [2.05, 4.69) is 11.4 Å². The number of nitrogens with zero attached hydrogens (tertiary/aromatic N) is 1. The van der Waals surface area contributed by atoms with Crippen LogP contribution in [-0.2, 0) is 6.54 Å². The van der Waals surface area contributed by atoms with Crippen LogP contribution < -0.4 is 5.32 Å². The molecule has 0 atom stereocenters. The van der Waals surface area contributed by atoms with Gasteiger partial charge in [0.1, 0.15) is 6.07 Å². The summed E-state index contributed by atoms with van der Waals surface area (Å²) < 4.78 is 0. The molecule has 0 saturated carbocycles. The van der Waals surface area contributed by atoms with E-state index in [-0.39, 0.29) is 11.5 Å². The number of nitrogens with one attached hydrogen (secondary N) is 1. The highest BCUT2D eigenvalue weighted by Gasteiger charge is 2.05. The summed E-state index contributed by atoms with van der Waals surface area (Å²) in [7, 11) is 0. The third kappa shape index (κ3) is 2.78. The largest absolute Gasteiger partial charge is 0.504 e. The Morgan fingerprint density at radius 1 is 1.16 bits per heavy atom. The van der Waals surface area contributed by atoms with Gasteiger partial charge in [-0.2, -0.15) is 5.26 Å². The predicted molar refractivity (Wildman–Crippen MR) is 73.0 cm³/mol. The molecule has 0 amide bonds. The first-order chi connectivity index (χ1) is 9.11. The molecule has 2 rings (SSSR count). The molecular formula is C15H14N2O2. The Bertz CT molecular complexity index is 645. The van der Waals surface area contributed by atoms with Crippen LogP contribution in [0, 0.1) is 18.3 Å². The smallest absolute Gasteiger partial charge is 0.157 e. The minimum Gasteiger partial charge on any atom is -0.504 e. The Morgan fingerprint density at radius 2 is 1.95 bits per heavy atom. The molecule has 2 aromatic rings. The van der Waals surface area contributed by atoms with E-state index >= 15 is 0 Å². The maximum atomic E-state index is 9.41. The number of hydrogen-bond donors (Lipinski definition) is 3. The highest BCUT2D eigenvalue weighted by atomic mass is 16.3. The first-order valence-electron chi connectivity index (χ1n) is 5.86. The molecule has 3 N–H and O–H groups in total. The van der Waals surface area contributed by atoms with E-state index in [1.165, 1.54) is 12.1 Å². The molecule has 96 valence electrons. The molecule has 0 aliphatic rings. The lowest BCUT2D eigenvalue weighted by molar-refractivity contribution is 0.403. The Kier molecular flexibility index (Phi) is 3.58. The molecular weight excluding hydrogens is 240 g/mol. The number of hydrogen-bond acceptors (Lipinski definition) is 4. The minimum absolute atomic E-state index is 0.142. The zero-order valence-corrected chi connectivity index (χ0v) is 10.5. The number of aromatic hydroxyl groups is 2. The fourth-order valence-corrected chi connectivity index (χ4v) is 1.84. The predicted octanol–water partition coefficient (Wildman–Crippen LogP) is 2.89. The van der Waals surface area contributed by atoms with Crippen LogP contribution in [0.15, 0.2) is 36.4 Å². The molecule has 0 spiro atoms. The zero-order chi connectivity index (χ0) is 13.8. The summed E-state index contributed by atoms with van der Waals surface area (Å²) in [4.78, 5) is 0. The Labute approximate surface area is 111 Å². The van der Waals surface area contributed by atoms with Crippen molar-refractivity contribution in [1.29, 1.82) is 5.26 Å². The van der Waals surface area contributed by atoms with Gasteiger partial charge in [-0.1, -0.05) is 18.2 Å². The molecule has 0 saturated heterocycles. The zero-order valence-electron chi connectivity index (χ0n) is 10.5. The van der Waals surface area contributed by atoms with Crippen molar-refractivity contribution in [3.63, 3.8) is 0 Å². The average Bonchev–Trinajstić information content (AvgIpc) is 2.40. The second kappa shape index (κ2) is 5.32. The molecule has 0 heterocycles. The first kappa shape index (κ1) is 12.8. The van der Waals surface area contributed by atoms with Gasteiger partial charge < -0.3 is 15.5 Å². The van der Waals surface area contributed by atoms with Crippen LogP contribution in [0.25, 0.3) is 0 Å². The first-order valence-corrected chi connectivity index (χ1v) is 5.86. The monoisotopic (exact) mass is 254 g/mol. The molecule has 0 aliphatic carbocycles. The molecule has 0 bridgehead atoms. The quantitative estimate of drug-likeness (QED) is 0.736. The number of nitriles is 1. The number of anilines is 1. The summed E-state index contributed by atoms with van der Waals surface area (Å²) in [5, 5.41) is 30.9. The van der Waals surface area contributed by atoms with E-state index in [1.54, 1.807) is 6.07 Å². The van der Waals surface area contributed by atoms with Gasteiger partial charge in [-0.3, -0.25) is 0 Å². The molecule has 0 fully saturated rings. The summed E-state index contributed by atoms with van der Waals surface area (Å²) in [5.74, 6) is -0.291. The van der Waals surface area contributed by atoms with Crippen molar-refractivity contribution in [1.82, 2.24) is 0 Å². The van der Waals surface area contributed by atoms with Gasteiger partial charge in [0.2, 0.25) is 0 Å². The Morgan fingerprint density at radius 3 is 2.63 bits per heavy atom. The van der Waals surface area contributed by atoms with E-state index in [4.69, 9.17) is 5.26 Å². The summed E-state index contributed by atoms with van der Waals surface area (Å²) in [6, 6.07) is 12.4. The van der Waals surface area contributed by atoms with Crippen LogP contribution in [0.2, 0.25) is 0 Å². The number of benzene rings is 2. The number of phenolic OH excluding ortho intramolecular Hbond substituents is 2. The van der Waals surface area contributed by atoms with E-state index in [9.17, 15) is 10.2 Å². The molecule has 0 aromatic heterocycles. The van der Waals surface area contributed by atoms with Crippen LogP contribution in [0.1, 0.15) is 16.7 Å². The molecule has 19 heavy (non-hydrogen) atoms. The molecule has 2 aromatic carbocycles. The van der Waals surface area contributed by atoms with Gasteiger partial charge in [-0.15, -0.1) is 0 Å². The van der Waals surface area contributed by atoms with Gasteiger partial charge in [0, 0.05) is 6.54 Å². The van der Waals surface area contributed by atoms with E-state index in [0.717, 1.165) is 16.8 Å². The van der Waals surface area contributed by atoms with Crippen LogP contribution in [0.4, 0.5) is 5.69 Å². The van der Waals surface area contributed by atoms with Crippen molar-refractivity contribution in [2.45, 2.75) is 13.5 Å². The molecule has 0 aliphatic heterocycles.